The van der Waals surface area contributed by atoms with Gasteiger partial charge in [0.05, 0.1) is 16.6 Å². The maximum absolute atomic E-state index is 11.3. The van der Waals surface area contributed by atoms with Crippen molar-refractivity contribution in [1.82, 2.24) is 9.97 Å². The first kappa shape index (κ1) is 18.7. The lowest BCUT2D eigenvalue weighted by molar-refractivity contribution is 0.0697. The average molecular weight is 402 g/mol. The highest BCUT2D eigenvalue weighted by atomic mass is 35.5. The number of carboxylic acids is 1. The Balaban J connectivity index is 1.75. The fraction of sp³-hybridized carbons (Fsp3) is 0. The standard InChI is InChI=1S/C23H16ClN3O2/c24-17-11-8-15(9-12-17)10-13-21-22(27-20-7-2-1-6-19(20)26-21)25-18-5-3-4-16(14-18)23(28)29/h1-14H,(H,25,27)(H,28,29)/b13-10+. The molecule has 0 aliphatic heterocycles. The summed E-state index contributed by atoms with van der Waals surface area (Å²) >= 11 is 5.95. The minimum Gasteiger partial charge on any atom is -0.478 e. The van der Waals surface area contributed by atoms with Crippen LogP contribution in [0, 0.1) is 0 Å². The highest BCUT2D eigenvalue weighted by molar-refractivity contribution is 6.30. The molecule has 29 heavy (non-hydrogen) atoms. The number of aromatic carboxylic acids is 1. The van der Waals surface area contributed by atoms with Gasteiger partial charge >= 0.3 is 5.97 Å². The number of hydrogen-bond donors (Lipinski definition) is 2. The second-order valence-corrected chi connectivity index (χ2v) is 6.78. The maximum Gasteiger partial charge on any atom is 0.335 e. The Kier molecular flexibility index (Phi) is 5.22. The van der Waals surface area contributed by atoms with Crippen LogP contribution in [0.1, 0.15) is 21.6 Å². The first-order chi connectivity index (χ1) is 14.1. The summed E-state index contributed by atoms with van der Waals surface area (Å²) in [5.41, 5.74) is 3.95. The fourth-order valence-corrected chi connectivity index (χ4v) is 2.96. The molecule has 1 aromatic heterocycles. The Bertz CT molecular complexity index is 1220. The topological polar surface area (TPSA) is 75.1 Å². The van der Waals surface area contributed by atoms with Crippen LogP contribution >= 0.6 is 11.6 Å². The molecule has 0 saturated carbocycles. The zero-order chi connectivity index (χ0) is 20.2. The monoisotopic (exact) mass is 401 g/mol. The van der Waals surface area contributed by atoms with E-state index >= 15 is 0 Å². The number of benzene rings is 3. The highest BCUT2D eigenvalue weighted by Crippen LogP contribution is 2.24. The van der Waals surface area contributed by atoms with Crippen molar-refractivity contribution in [1.29, 1.82) is 0 Å². The molecular formula is C23H16ClN3O2. The van der Waals surface area contributed by atoms with Gasteiger partial charge in [-0.25, -0.2) is 14.8 Å². The average Bonchev–Trinajstić information content (AvgIpc) is 2.73. The molecule has 0 aliphatic carbocycles. The summed E-state index contributed by atoms with van der Waals surface area (Å²) in [4.78, 5) is 20.6. The van der Waals surface area contributed by atoms with Gasteiger partial charge in [0.15, 0.2) is 5.82 Å². The molecule has 2 N–H and O–H groups in total. The zero-order valence-corrected chi connectivity index (χ0v) is 16.0. The molecule has 0 fully saturated rings. The second kappa shape index (κ2) is 8.12. The predicted octanol–water partition coefficient (Wildman–Crippen LogP) is 5.90. The summed E-state index contributed by atoms with van der Waals surface area (Å²) in [7, 11) is 0. The Morgan fingerprint density at radius 3 is 2.34 bits per heavy atom. The minimum atomic E-state index is -0.985. The molecule has 1 heterocycles. The lowest BCUT2D eigenvalue weighted by Crippen LogP contribution is -2.02. The second-order valence-electron chi connectivity index (χ2n) is 6.34. The number of carbonyl (C=O) groups is 1. The van der Waals surface area contributed by atoms with Crippen LogP contribution in [-0.2, 0) is 0 Å². The van der Waals surface area contributed by atoms with Gasteiger partial charge in [-0.15, -0.1) is 0 Å². The Hall–Kier alpha value is -3.70. The molecule has 142 valence electrons. The van der Waals surface area contributed by atoms with Gasteiger partial charge in [-0.2, -0.15) is 0 Å². The summed E-state index contributed by atoms with van der Waals surface area (Å²) in [5.74, 6) is -0.447. The van der Waals surface area contributed by atoms with Gasteiger partial charge in [0, 0.05) is 10.7 Å². The van der Waals surface area contributed by atoms with Gasteiger partial charge in [0.1, 0.15) is 5.69 Å². The van der Waals surface area contributed by atoms with Crippen LogP contribution in [0.5, 0.6) is 0 Å². The van der Waals surface area contributed by atoms with Crippen LogP contribution in [0.2, 0.25) is 5.02 Å². The van der Waals surface area contributed by atoms with Crippen LogP contribution in [0.25, 0.3) is 23.2 Å². The van der Waals surface area contributed by atoms with Crippen LogP contribution in [-0.4, -0.2) is 21.0 Å². The third-order valence-electron chi connectivity index (χ3n) is 4.27. The van der Waals surface area contributed by atoms with Crippen LogP contribution in [0.4, 0.5) is 11.5 Å². The molecule has 3 aromatic carbocycles. The number of halogens is 1. The normalized spacial score (nSPS) is 11.1. The molecule has 6 heteroatoms. The van der Waals surface area contributed by atoms with E-state index < -0.39 is 5.97 Å². The van der Waals surface area contributed by atoms with Gasteiger partial charge in [0.2, 0.25) is 0 Å². The maximum atomic E-state index is 11.3. The SMILES string of the molecule is O=C(O)c1cccc(Nc2nc3ccccc3nc2/C=C/c2ccc(Cl)cc2)c1. The first-order valence-electron chi connectivity index (χ1n) is 8.89. The molecule has 0 saturated heterocycles. The summed E-state index contributed by atoms with van der Waals surface area (Å²) in [6.07, 6.45) is 3.79. The molecule has 0 radical (unpaired) electrons. The van der Waals surface area contributed by atoms with Crippen molar-refractivity contribution in [3.63, 3.8) is 0 Å². The lowest BCUT2D eigenvalue weighted by atomic mass is 10.2. The quantitative estimate of drug-likeness (QED) is 0.435. The third-order valence-corrected chi connectivity index (χ3v) is 4.53. The van der Waals surface area contributed by atoms with E-state index in [1.165, 1.54) is 0 Å². The predicted molar refractivity (Wildman–Crippen MR) is 117 cm³/mol. The molecule has 0 amide bonds. The molecule has 0 bridgehead atoms. The molecule has 0 aliphatic rings. The number of hydrogen-bond acceptors (Lipinski definition) is 4. The van der Waals surface area contributed by atoms with E-state index in [1.807, 2.05) is 60.7 Å². The Morgan fingerprint density at radius 2 is 1.62 bits per heavy atom. The third kappa shape index (κ3) is 4.42. The van der Waals surface area contributed by atoms with E-state index in [0.29, 0.717) is 22.2 Å². The van der Waals surface area contributed by atoms with Crippen molar-refractivity contribution in [2.24, 2.45) is 0 Å². The zero-order valence-electron chi connectivity index (χ0n) is 15.2. The van der Waals surface area contributed by atoms with Gasteiger partial charge in [0.25, 0.3) is 0 Å². The summed E-state index contributed by atoms with van der Waals surface area (Å²) in [5, 5.41) is 13.1. The summed E-state index contributed by atoms with van der Waals surface area (Å²) in [6, 6.07) is 21.6. The number of anilines is 2. The molecule has 0 atom stereocenters. The number of fused-ring (bicyclic) bond motifs is 1. The Morgan fingerprint density at radius 1 is 0.897 bits per heavy atom. The Labute approximate surface area is 172 Å². The van der Waals surface area contributed by atoms with Crippen molar-refractivity contribution in [3.8, 4) is 0 Å². The van der Waals surface area contributed by atoms with Crippen LogP contribution < -0.4 is 5.32 Å². The number of para-hydroxylation sites is 2. The molecule has 4 rings (SSSR count). The summed E-state index contributed by atoms with van der Waals surface area (Å²) in [6.45, 7) is 0. The number of rotatable bonds is 5. The molecule has 0 spiro atoms. The van der Waals surface area contributed by atoms with Crippen molar-refractivity contribution < 1.29 is 9.90 Å². The highest BCUT2D eigenvalue weighted by Gasteiger charge is 2.09. The largest absolute Gasteiger partial charge is 0.478 e. The minimum absolute atomic E-state index is 0.196. The van der Waals surface area contributed by atoms with Crippen molar-refractivity contribution in [2.45, 2.75) is 0 Å². The molecule has 5 nitrogen and oxygen atoms in total. The van der Waals surface area contributed by atoms with E-state index in [0.717, 1.165) is 16.6 Å². The van der Waals surface area contributed by atoms with E-state index in [4.69, 9.17) is 16.6 Å². The van der Waals surface area contributed by atoms with Gasteiger partial charge in [-0.3, -0.25) is 0 Å². The lowest BCUT2D eigenvalue weighted by Gasteiger charge is -2.10. The number of carboxylic acid groups (broad SMARTS) is 1. The van der Waals surface area contributed by atoms with Gasteiger partial charge in [-0.1, -0.05) is 48.0 Å². The van der Waals surface area contributed by atoms with Crippen LogP contribution in [0.3, 0.4) is 0 Å². The van der Waals surface area contributed by atoms with Crippen molar-refractivity contribution in [3.05, 3.63) is 94.6 Å². The molecule has 4 aromatic rings. The summed E-state index contributed by atoms with van der Waals surface area (Å²) < 4.78 is 0. The van der Waals surface area contributed by atoms with Gasteiger partial charge < -0.3 is 10.4 Å². The van der Waals surface area contributed by atoms with E-state index in [2.05, 4.69) is 10.3 Å². The number of nitrogens with zero attached hydrogens (tertiary/aromatic N) is 2. The molecular weight excluding hydrogens is 386 g/mol. The number of nitrogens with one attached hydrogen (secondary N) is 1. The van der Waals surface area contributed by atoms with E-state index in [-0.39, 0.29) is 5.56 Å². The van der Waals surface area contributed by atoms with E-state index in [9.17, 15) is 9.90 Å². The van der Waals surface area contributed by atoms with Crippen molar-refractivity contribution in [2.75, 3.05) is 5.32 Å². The smallest absolute Gasteiger partial charge is 0.335 e. The van der Waals surface area contributed by atoms with Crippen molar-refractivity contribution >= 4 is 52.3 Å². The van der Waals surface area contributed by atoms with E-state index in [1.54, 1.807) is 24.3 Å². The van der Waals surface area contributed by atoms with Crippen LogP contribution in [0.15, 0.2) is 72.8 Å². The van der Waals surface area contributed by atoms with Gasteiger partial charge in [-0.05, 0) is 54.1 Å². The fourth-order valence-electron chi connectivity index (χ4n) is 2.84. The first-order valence-corrected chi connectivity index (χ1v) is 9.27. The molecule has 0 unspecified atom stereocenters. The number of aromatic nitrogens is 2.